The van der Waals surface area contributed by atoms with Crippen LogP contribution in [0.3, 0.4) is 0 Å². The summed E-state index contributed by atoms with van der Waals surface area (Å²) in [5, 5.41) is 1.01. The first-order valence-corrected chi connectivity index (χ1v) is 11.2. The van der Waals surface area contributed by atoms with Gasteiger partial charge < -0.3 is 0 Å². The Kier molecular flexibility index (Phi) is 5.22. The number of halogens is 2. The van der Waals surface area contributed by atoms with Gasteiger partial charge in [0.1, 0.15) is 0 Å². The van der Waals surface area contributed by atoms with Crippen LogP contribution in [0.5, 0.6) is 0 Å². The highest BCUT2D eigenvalue weighted by atomic mass is 35.5. The van der Waals surface area contributed by atoms with E-state index in [0.717, 1.165) is 4.90 Å². The molecular formula is C25H18Cl2N2O4. The summed E-state index contributed by atoms with van der Waals surface area (Å²) in [5.74, 6) is -2.37. The Labute approximate surface area is 200 Å². The van der Waals surface area contributed by atoms with Crippen LogP contribution >= 0.6 is 23.2 Å². The molecule has 0 N–H and O–H groups in total. The number of anilines is 2. The number of hydrogen-bond acceptors (Lipinski definition) is 4. The van der Waals surface area contributed by atoms with Gasteiger partial charge in [-0.1, -0.05) is 29.3 Å². The molecule has 2 aromatic rings. The SMILES string of the molecule is CC1=C[C@H]([C@@H]2CC(=O)N(c3ccc(Cl)cc3)C2=O)CC2=C1C(=O)N(c1ccc(Cl)cc1)C2=O. The summed E-state index contributed by atoms with van der Waals surface area (Å²) < 4.78 is 0. The molecule has 1 fully saturated rings. The first-order chi connectivity index (χ1) is 15.8. The van der Waals surface area contributed by atoms with Crippen molar-refractivity contribution in [2.45, 2.75) is 19.8 Å². The first-order valence-electron chi connectivity index (χ1n) is 10.4. The molecule has 166 valence electrons. The molecule has 2 aliphatic heterocycles. The van der Waals surface area contributed by atoms with Crippen LogP contribution in [-0.2, 0) is 19.2 Å². The van der Waals surface area contributed by atoms with Gasteiger partial charge in [0.05, 0.1) is 22.9 Å². The van der Waals surface area contributed by atoms with E-state index in [1.165, 1.54) is 4.90 Å². The molecule has 2 heterocycles. The van der Waals surface area contributed by atoms with E-state index < -0.39 is 11.8 Å². The average Bonchev–Trinajstić information content (AvgIpc) is 3.22. The fourth-order valence-corrected chi connectivity index (χ4v) is 5.06. The highest BCUT2D eigenvalue weighted by Crippen LogP contribution is 2.43. The second-order valence-electron chi connectivity index (χ2n) is 8.35. The van der Waals surface area contributed by atoms with E-state index >= 15 is 0 Å². The Morgan fingerprint density at radius 2 is 1.30 bits per heavy atom. The molecule has 0 radical (unpaired) electrons. The van der Waals surface area contributed by atoms with Gasteiger partial charge in [0, 0.05) is 22.0 Å². The standard InChI is InChI=1S/C25H18Cl2N2O4/c1-13-10-14(19-12-21(30)28(23(19)31)17-6-2-15(26)3-7-17)11-20-22(13)25(33)29(24(20)32)18-8-4-16(27)5-9-18/h2-10,14,19H,11-12H2,1H3/t14-,19-/m0/s1. The molecular weight excluding hydrogens is 463 g/mol. The van der Waals surface area contributed by atoms with Gasteiger partial charge in [-0.05, 0) is 73.4 Å². The van der Waals surface area contributed by atoms with Crippen LogP contribution in [0.2, 0.25) is 10.0 Å². The van der Waals surface area contributed by atoms with Crippen molar-refractivity contribution in [3.05, 3.63) is 81.4 Å². The second-order valence-corrected chi connectivity index (χ2v) is 9.22. The normalized spacial score (nSPS) is 22.9. The fourth-order valence-electron chi connectivity index (χ4n) is 4.80. The maximum atomic E-state index is 13.2. The van der Waals surface area contributed by atoms with Crippen LogP contribution in [-0.4, -0.2) is 23.6 Å². The third-order valence-electron chi connectivity index (χ3n) is 6.35. The Morgan fingerprint density at radius 1 is 0.758 bits per heavy atom. The molecule has 8 heteroatoms. The minimum atomic E-state index is -0.607. The summed E-state index contributed by atoms with van der Waals surface area (Å²) in [4.78, 5) is 54.6. The lowest BCUT2D eigenvalue weighted by atomic mass is 9.78. The molecule has 0 unspecified atom stereocenters. The predicted octanol–water partition coefficient (Wildman–Crippen LogP) is 4.71. The van der Waals surface area contributed by atoms with Crippen molar-refractivity contribution in [2.24, 2.45) is 11.8 Å². The molecule has 3 aliphatic rings. The lowest BCUT2D eigenvalue weighted by molar-refractivity contribution is -0.123. The van der Waals surface area contributed by atoms with Gasteiger partial charge in [0.25, 0.3) is 11.8 Å². The lowest BCUT2D eigenvalue weighted by Gasteiger charge is -2.24. The van der Waals surface area contributed by atoms with Crippen LogP contribution < -0.4 is 9.80 Å². The molecule has 5 rings (SSSR count). The molecule has 1 saturated heterocycles. The number of hydrogen-bond donors (Lipinski definition) is 0. The summed E-state index contributed by atoms with van der Waals surface area (Å²) in [7, 11) is 0. The van der Waals surface area contributed by atoms with E-state index in [1.54, 1.807) is 55.5 Å². The summed E-state index contributed by atoms with van der Waals surface area (Å²) in [6.45, 7) is 1.76. The van der Waals surface area contributed by atoms with Crippen molar-refractivity contribution in [3.8, 4) is 0 Å². The minimum absolute atomic E-state index is 0.0432. The number of amides is 4. The van der Waals surface area contributed by atoms with Crippen molar-refractivity contribution in [1.82, 2.24) is 0 Å². The van der Waals surface area contributed by atoms with Crippen LogP contribution in [0.4, 0.5) is 11.4 Å². The summed E-state index contributed by atoms with van der Waals surface area (Å²) in [5.41, 5.74) is 2.30. The fraction of sp³-hybridized carbons (Fsp3) is 0.200. The molecule has 0 spiro atoms. The Morgan fingerprint density at radius 3 is 1.88 bits per heavy atom. The first kappa shape index (κ1) is 21.6. The molecule has 0 bridgehead atoms. The largest absolute Gasteiger partial charge is 0.274 e. The van der Waals surface area contributed by atoms with Gasteiger partial charge in [-0.15, -0.1) is 0 Å². The van der Waals surface area contributed by atoms with Crippen LogP contribution in [0.1, 0.15) is 19.8 Å². The second kappa shape index (κ2) is 7.97. The number of nitrogens with zero attached hydrogens (tertiary/aromatic N) is 2. The maximum Gasteiger partial charge on any atom is 0.266 e. The molecule has 2 aromatic carbocycles. The van der Waals surface area contributed by atoms with Crippen molar-refractivity contribution < 1.29 is 19.2 Å². The van der Waals surface area contributed by atoms with Crippen molar-refractivity contribution >= 4 is 58.2 Å². The van der Waals surface area contributed by atoms with Gasteiger partial charge in [0.15, 0.2) is 0 Å². The van der Waals surface area contributed by atoms with Crippen molar-refractivity contribution in [1.29, 1.82) is 0 Å². The topological polar surface area (TPSA) is 74.8 Å². The van der Waals surface area contributed by atoms with Crippen molar-refractivity contribution in [2.75, 3.05) is 9.80 Å². The van der Waals surface area contributed by atoms with Gasteiger partial charge in [-0.3, -0.25) is 24.1 Å². The van der Waals surface area contributed by atoms with Crippen molar-refractivity contribution in [3.63, 3.8) is 0 Å². The number of rotatable bonds is 3. The summed E-state index contributed by atoms with van der Waals surface area (Å²) in [6.07, 6.45) is 2.11. The average molecular weight is 481 g/mol. The minimum Gasteiger partial charge on any atom is -0.274 e. The lowest BCUT2D eigenvalue weighted by Crippen LogP contribution is -2.33. The summed E-state index contributed by atoms with van der Waals surface area (Å²) >= 11 is 11.9. The van der Waals surface area contributed by atoms with Gasteiger partial charge >= 0.3 is 0 Å². The maximum absolute atomic E-state index is 13.2. The molecule has 4 amide bonds. The number of imide groups is 2. The predicted molar refractivity (Wildman–Crippen MR) is 125 cm³/mol. The third-order valence-corrected chi connectivity index (χ3v) is 6.85. The number of carbonyl (C=O) groups is 4. The van der Waals surface area contributed by atoms with Gasteiger partial charge in [-0.25, -0.2) is 4.90 Å². The molecule has 1 aliphatic carbocycles. The Bertz CT molecular complexity index is 1280. The quantitative estimate of drug-likeness (QED) is 0.596. The molecule has 2 atom stereocenters. The summed E-state index contributed by atoms with van der Waals surface area (Å²) in [6, 6.07) is 13.0. The van der Waals surface area contributed by atoms with Crippen LogP contribution in [0, 0.1) is 11.8 Å². The zero-order valence-electron chi connectivity index (χ0n) is 17.5. The smallest absolute Gasteiger partial charge is 0.266 e. The van der Waals surface area contributed by atoms with Gasteiger partial charge in [-0.2, -0.15) is 0 Å². The highest BCUT2D eigenvalue weighted by Gasteiger charge is 2.48. The van der Waals surface area contributed by atoms with E-state index in [4.69, 9.17) is 23.2 Å². The molecule has 33 heavy (non-hydrogen) atoms. The van der Waals surface area contributed by atoms with E-state index in [1.807, 2.05) is 6.08 Å². The van der Waals surface area contributed by atoms with E-state index in [2.05, 4.69) is 0 Å². The van der Waals surface area contributed by atoms with E-state index in [-0.39, 0.29) is 36.5 Å². The molecule has 6 nitrogen and oxygen atoms in total. The molecule has 0 aromatic heterocycles. The monoisotopic (exact) mass is 480 g/mol. The zero-order valence-corrected chi connectivity index (χ0v) is 19.1. The zero-order chi connectivity index (χ0) is 23.4. The Hall–Kier alpha value is -3.22. The van der Waals surface area contributed by atoms with Crippen LogP contribution in [0.25, 0.3) is 0 Å². The molecule has 0 saturated carbocycles. The van der Waals surface area contributed by atoms with Crippen LogP contribution in [0.15, 0.2) is 71.3 Å². The number of allylic oxidation sites excluding steroid dienone is 1. The number of benzene rings is 2. The number of carbonyl (C=O) groups excluding carboxylic acids is 4. The van der Waals surface area contributed by atoms with E-state index in [0.29, 0.717) is 38.1 Å². The highest BCUT2D eigenvalue weighted by molar-refractivity contribution is 6.35. The Balaban J connectivity index is 1.42. The van der Waals surface area contributed by atoms with E-state index in [9.17, 15) is 19.2 Å². The third kappa shape index (κ3) is 3.50. The van der Waals surface area contributed by atoms with Gasteiger partial charge in [0.2, 0.25) is 11.8 Å².